The second kappa shape index (κ2) is 9.22. The highest BCUT2D eigenvalue weighted by atomic mass is 19.1. The van der Waals surface area contributed by atoms with E-state index in [1.54, 1.807) is 85.0 Å². The molecule has 0 aliphatic rings. The summed E-state index contributed by atoms with van der Waals surface area (Å²) in [5.74, 6) is -0.993. The minimum atomic E-state index is -0.457. The molecule has 31 heavy (non-hydrogen) atoms. The maximum Gasteiger partial charge on any atom is 0.163 e. The highest BCUT2D eigenvalue weighted by Gasteiger charge is 2.09. The Balaban J connectivity index is 1.76. The molecular formula is C26H17F3N2. The molecule has 4 rings (SSSR count). The zero-order valence-corrected chi connectivity index (χ0v) is 16.3. The zero-order valence-electron chi connectivity index (χ0n) is 16.3. The Morgan fingerprint density at radius 3 is 1.45 bits per heavy atom. The van der Waals surface area contributed by atoms with Crippen LogP contribution in [0.5, 0.6) is 0 Å². The van der Waals surface area contributed by atoms with Gasteiger partial charge in [-0.3, -0.25) is 0 Å². The molecule has 0 unspecified atom stereocenters. The molecule has 4 aromatic rings. The van der Waals surface area contributed by atoms with Gasteiger partial charge < -0.3 is 0 Å². The summed E-state index contributed by atoms with van der Waals surface area (Å²) in [6, 6.07) is 20.6. The van der Waals surface area contributed by atoms with E-state index in [-0.39, 0.29) is 23.0 Å². The highest BCUT2D eigenvalue weighted by molar-refractivity contribution is 5.73. The van der Waals surface area contributed by atoms with Crippen molar-refractivity contribution in [3.05, 3.63) is 119 Å². The van der Waals surface area contributed by atoms with Crippen LogP contribution < -0.4 is 0 Å². The highest BCUT2D eigenvalue weighted by Crippen LogP contribution is 2.22. The fraction of sp³-hybridized carbons (Fsp3) is 0. The first-order valence-electron chi connectivity index (χ1n) is 9.59. The summed E-state index contributed by atoms with van der Waals surface area (Å²) in [4.78, 5) is 8.83. The lowest BCUT2D eigenvalue weighted by molar-refractivity contribution is 0.625. The average Bonchev–Trinajstić information content (AvgIpc) is 2.78. The molecule has 152 valence electrons. The van der Waals surface area contributed by atoms with Crippen LogP contribution in [0.4, 0.5) is 13.2 Å². The molecule has 0 amide bonds. The van der Waals surface area contributed by atoms with Gasteiger partial charge in [-0.2, -0.15) is 0 Å². The molecule has 0 atom stereocenters. The van der Waals surface area contributed by atoms with Crippen LogP contribution in [-0.2, 0) is 0 Å². The lowest BCUT2D eigenvalue weighted by atomic mass is 10.1. The molecule has 3 aromatic carbocycles. The molecule has 0 fully saturated rings. The molecule has 0 aliphatic heterocycles. The molecule has 1 heterocycles. The van der Waals surface area contributed by atoms with Crippen molar-refractivity contribution in [2.24, 2.45) is 0 Å². The Bertz CT molecular complexity index is 1210. The molecule has 5 heteroatoms. The molecule has 1 aromatic heterocycles. The van der Waals surface area contributed by atoms with E-state index in [1.807, 2.05) is 0 Å². The minimum Gasteiger partial charge on any atom is -0.228 e. The van der Waals surface area contributed by atoms with Gasteiger partial charge >= 0.3 is 0 Å². The molecule has 0 aliphatic carbocycles. The molecule has 0 spiro atoms. The number of hydrogen-bond donors (Lipinski definition) is 0. The van der Waals surface area contributed by atoms with E-state index in [0.717, 1.165) is 0 Å². The molecule has 0 saturated carbocycles. The van der Waals surface area contributed by atoms with Crippen molar-refractivity contribution < 1.29 is 13.2 Å². The van der Waals surface area contributed by atoms with E-state index in [0.29, 0.717) is 22.5 Å². The van der Waals surface area contributed by atoms with E-state index >= 15 is 0 Å². The second-order valence-corrected chi connectivity index (χ2v) is 6.73. The third kappa shape index (κ3) is 4.95. The van der Waals surface area contributed by atoms with Gasteiger partial charge in [0.05, 0.1) is 17.0 Å². The Kier molecular flexibility index (Phi) is 6.03. The average molecular weight is 414 g/mol. The van der Waals surface area contributed by atoms with E-state index < -0.39 is 5.82 Å². The van der Waals surface area contributed by atoms with Crippen molar-refractivity contribution in [3.63, 3.8) is 0 Å². The van der Waals surface area contributed by atoms with E-state index in [9.17, 15) is 13.2 Å². The van der Waals surface area contributed by atoms with E-state index in [2.05, 4.69) is 9.97 Å². The summed E-state index contributed by atoms with van der Waals surface area (Å²) in [5.41, 5.74) is 1.97. The van der Waals surface area contributed by atoms with Crippen molar-refractivity contribution in [1.82, 2.24) is 9.97 Å². The maximum atomic E-state index is 14.3. The third-order valence-corrected chi connectivity index (χ3v) is 4.56. The first kappa shape index (κ1) is 20.3. The van der Waals surface area contributed by atoms with Gasteiger partial charge in [-0.25, -0.2) is 23.1 Å². The molecule has 2 nitrogen and oxygen atoms in total. The van der Waals surface area contributed by atoms with Crippen molar-refractivity contribution in [3.8, 4) is 11.4 Å². The number of benzene rings is 3. The molecule has 0 bridgehead atoms. The van der Waals surface area contributed by atoms with Gasteiger partial charge in [-0.15, -0.1) is 0 Å². The minimum absolute atomic E-state index is 0.182. The van der Waals surface area contributed by atoms with Crippen LogP contribution in [0, 0.1) is 17.5 Å². The van der Waals surface area contributed by atoms with Crippen LogP contribution in [-0.4, -0.2) is 9.97 Å². The molecule has 0 radical (unpaired) electrons. The van der Waals surface area contributed by atoms with Crippen LogP contribution in [0.1, 0.15) is 22.5 Å². The lowest BCUT2D eigenvalue weighted by Gasteiger charge is -2.05. The van der Waals surface area contributed by atoms with Gasteiger partial charge in [-0.1, -0.05) is 48.5 Å². The van der Waals surface area contributed by atoms with Crippen molar-refractivity contribution >= 4 is 24.3 Å². The van der Waals surface area contributed by atoms with Crippen LogP contribution in [0.3, 0.4) is 0 Å². The van der Waals surface area contributed by atoms with Crippen LogP contribution in [0.25, 0.3) is 35.7 Å². The number of halogens is 3. The van der Waals surface area contributed by atoms with Crippen molar-refractivity contribution in [2.45, 2.75) is 0 Å². The Morgan fingerprint density at radius 2 is 0.968 bits per heavy atom. The summed E-state index contributed by atoms with van der Waals surface area (Å²) >= 11 is 0. The van der Waals surface area contributed by atoms with Crippen molar-refractivity contribution in [1.29, 1.82) is 0 Å². The van der Waals surface area contributed by atoms with E-state index in [1.165, 1.54) is 18.2 Å². The van der Waals surface area contributed by atoms with Crippen LogP contribution in [0.15, 0.2) is 78.9 Å². The number of rotatable bonds is 5. The predicted molar refractivity (Wildman–Crippen MR) is 118 cm³/mol. The van der Waals surface area contributed by atoms with E-state index in [4.69, 9.17) is 0 Å². The summed E-state index contributed by atoms with van der Waals surface area (Å²) < 4.78 is 42.2. The van der Waals surface area contributed by atoms with Crippen LogP contribution >= 0.6 is 0 Å². The molecule has 0 saturated heterocycles. The van der Waals surface area contributed by atoms with Gasteiger partial charge in [0.15, 0.2) is 5.82 Å². The third-order valence-electron chi connectivity index (χ3n) is 4.56. The first-order chi connectivity index (χ1) is 15.1. The largest absolute Gasteiger partial charge is 0.228 e. The van der Waals surface area contributed by atoms with Gasteiger partial charge in [0.2, 0.25) is 0 Å². The Morgan fingerprint density at radius 1 is 0.516 bits per heavy atom. The van der Waals surface area contributed by atoms with Gasteiger partial charge in [0, 0.05) is 11.1 Å². The van der Waals surface area contributed by atoms with Gasteiger partial charge in [0.25, 0.3) is 0 Å². The Hall–Kier alpha value is -3.99. The quantitative estimate of drug-likeness (QED) is 0.355. The fourth-order valence-corrected chi connectivity index (χ4v) is 2.99. The monoisotopic (exact) mass is 414 g/mol. The second-order valence-electron chi connectivity index (χ2n) is 6.73. The normalized spacial score (nSPS) is 11.5. The van der Waals surface area contributed by atoms with Crippen LogP contribution in [0.2, 0.25) is 0 Å². The number of hydrogen-bond acceptors (Lipinski definition) is 2. The fourth-order valence-electron chi connectivity index (χ4n) is 2.99. The topological polar surface area (TPSA) is 25.8 Å². The summed E-state index contributed by atoms with van der Waals surface area (Å²) in [6.07, 6.45) is 6.44. The predicted octanol–water partition coefficient (Wildman–Crippen LogP) is 6.90. The van der Waals surface area contributed by atoms with Gasteiger partial charge in [0.1, 0.15) is 17.5 Å². The lowest BCUT2D eigenvalue weighted by Crippen LogP contribution is -1.97. The standard InChI is InChI=1S/C26H17F3N2/c27-23-10-4-1-7-18(23)13-15-20-17-21(16-14-19-8-2-5-11-24(19)28)31-26(30-20)22-9-3-6-12-25(22)29/h1-17H/b15-13-,16-14+. The summed E-state index contributed by atoms with van der Waals surface area (Å²) in [5, 5.41) is 0. The zero-order chi connectivity index (χ0) is 21.6. The molecule has 0 N–H and O–H groups in total. The van der Waals surface area contributed by atoms with Crippen molar-refractivity contribution in [2.75, 3.05) is 0 Å². The number of aromatic nitrogens is 2. The Labute approximate surface area is 178 Å². The molecular weight excluding hydrogens is 397 g/mol. The number of nitrogens with zero attached hydrogens (tertiary/aromatic N) is 2. The van der Waals surface area contributed by atoms with Gasteiger partial charge in [-0.05, 0) is 54.6 Å². The summed E-state index contributed by atoms with van der Waals surface area (Å²) in [6.45, 7) is 0. The summed E-state index contributed by atoms with van der Waals surface area (Å²) in [7, 11) is 0. The SMILES string of the molecule is Fc1ccccc1/C=C\c1cc(/C=C/c2ccccc2F)nc(-c2ccccc2F)n1. The maximum absolute atomic E-state index is 14.3. The smallest absolute Gasteiger partial charge is 0.163 e. The first-order valence-corrected chi connectivity index (χ1v) is 9.59.